The Kier molecular flexibility index (Phi) is 6.04. The monoisotopic (exact) mass is 277 g/mol. The summed E-state index contributed by atoms with van der Waals surface area (Å²) in [7, 11) is -3.12. The zero-order valence-corrected chi connectivity index (χ0v) is 11.8. The normalized spacial score (nSPS) is 24.8. The molecule has 1 aliphatic rings. The highest BCUT2D eigenvalue weighted by Crippen LogP contribution is 2.15. The van der Waals surface area contributed by atoms with E-state index in [1.54, 1.807) is 0 Å². The first-order chi connectivity index (χ1) is 8.38. The van der Waals surface area contributed by atoms with E-state index >= 15 is 0 Å². The van der Waals surface area contributed by atoms with Gasteiger partial charge in [-0.3, -0.25) is 4.79 Å². The topological polar surface area (TPSA) is 87.3 Å². The number of amides is 1. The van der Waals surface area contributed by atoms with Crippen molar-refractivity contribution in [1.82, 2.24) is 15.4 Å². The van der Waals surface area contributed by atoms with Crippen LogP contribution in [0.2, 0.25) is 0 Å². The molecular formula is C11H23N3O3S. The van der Waals surface area contributed by atoms with E-state index in [9.17, 15) is 13.2 Å². The third-order valence-corrected chi connectivity index (χ3v) is 3.74. The highest BCUT2D eigenvalue weighted by atomic mass is 32.2. The molecule has 0 radical (unpaired) electrons. The molecule has 7 heteroatoms. The molecule has 0 aromatic carbocycles. The van der Waals surface area contributed by atoms with E-state index < -0.39 is 10.0 Å². The van der Waals surface area contributed by atoms with Crippen LogP contribution in [0.25, 0.3) is 0 Å². The lowest BCUT2D eigenvalue weighted by Crippen LogP contribution is -2.42. The summed E-state index contributed by atoms with van der Waals surface area (Å²) in [6, 6.07) is 0.390. The van der Waals surface area contributed by atoms with Crippen LogP contribution in [-0.2, 0) is 14.8 Å². The van der Waals surface area contributed by atoms with Crippen molar-refractivity contribution < 1.29 is 13.2 Å². The summed E-state index contributed by atoms with van der Waals surface area (Å²) in [6.07, 6.45) is 3.48. The predicted molar refractivity (Wildman–Crippen MR) is 70.7 cm³/mol. The van der Waals surface area contributed by atoms with Gasteiger partial charge in [0.15, 0.2) is 0 Å². The molecule has 0 aromatic heterocycles. The predicted octanol–water partition coefficient (Wildman–Crippen LogP) is -0.570. The van der Waals surface area contributed by atoms with E-state index in [0.29, 0.717) is 25.6 Å². The molecule has 18 heavy (non-hydrogen) atoms. The Morgan fingerprint density at radius 3 is 2.72 bits per heavy atom. The lowest BCUT2D eigenvalue weighted by Gasteiger charge is -2.27. The van der Waals surface area contributed by atoms with Crippen LogP contribution in [0.5, 0.6) is 0 Å². The Labute approximate surface area is 109 Å². The van der Waals surface area contributed by atoms with Gasteiger partial charge in [0, 0.05) is 25.0 Å². The van der Waals surface area contributed by atoms with E-state index in [2.05, 4.69) is 22.3 Å². The fourth-order valence-electron chi connectivity index (χ4n) is 2.07. The van der Waals surface area contributed by atoms with Gasteiger partial charge in [-0.25, -0.2) is 13.1 Å². The summed E-state index contributed by atoms with van der Waals surface area (Å²) in [6.45, 7) is 3.84. The van der Waals surface area contributed by atoms with E-state index in [1.807, 2.05) is 0 Å². The number of piperidine rings is 1. The van der Waals surface area contributed by atoms with E-state index in [4.69, 9.17) is 0 Å². The Bertz CT molecular complexity index is 370. The van der Waals surface area contributed by atoms with Gasteiger partial charge in [0.1, 0.15) is 0 Å². The first kappa shape index (κ1) is 15.4. The van der Waals surface area contributed by atoms with Gasteiger partial charge < -0.3 is 10.6 Å². The number of carbonyl (C=O) groups excluding carboxylic acids is 1. The fourth-order valence-corrected chi connectivity index (χ4v) is 2.59. The number of hydrogen-bond acceptors (Lipinski definition) is 4. The average molecular weight is 277 g/mol. The third-order valence-electron chi connectivity index (χ3n) is 3.01. The summed E-state index contributed by atoms with van der Waals surface area (Å²) in [5, 5.41) is 6.16. The first-order valence-electron chi connectivity index (χ1n) is 6.34. The molecule has 1 aliphatic heterocycles. The minimum absolute atomic E-state index is 0.0858. The molecule has 3 N–H and O–H groups in total. The molecule has 1 rings (SSSR count). The van der Waals surface area contributed by atoms with Gasteiger partial charge in [0.05, 0.1) is 6.26 Å². The summed E-state index contributed by atoms with van der Waals surface area (Å²) in [5.74, 6) is 0.173. The van der Waals surface area contributed by atoms with Gasteiger partial charge in [-0.15, -0.1) is 0 Å². The van der Waals surface area contributed by atoms with Crippen LogP contribution in [0, 0.1) is 5.92 Å². The number of sulfonamides is 1. The SMILES string of the molecule is CC1CC(C(=O)NCCCNS(C)(=O)=O)CCN1. The lowest BCUT2D eigenvalue weighted by atomic mass is 9.92. The molecule has 106 valence electrons. The largest absolute Gasteiger partial charge is 0.356 e. The van der Waals surface area contributed by atoms with Crippen molar-refractivity contribution in [3.8, 4) is 0 Å². The van der Waals surface area contributed by atoms with Gasteiger partial charge in [0.25, 0.3) is 0 Å². The molecule has 0 spiro atoms. The summed E-state index contributed by atoms with van der Waals surface area (Å²) in [4.78, 5) is 11.8. The lowest BCUT2D eigenvalue weighted by molar-refractivity contribution is -0.126. The van der Waals surface area contributed by atoms with E-state index in [0.717, 1.165) is 25.6 Å². The van der Waals surface area contributed by atoms with Crippen LogP contribution < -0.4 is 15.4 Å². The van der Waals surface area contributed by atoms with Gasteiger partial charge in [-0.05, 0) is 32.7 Å². The molecule has 0 aromatic rings. The zero-order chi connectivity index (χ0) is 13.6. The molecular weight excluding hydrogens is 254 g/mol. The van der Waals surface area contributed by atoms with Gasteiger partial charge >= 0.3 is 0 Å². The maximum Gasteiger partial charge on any atom is 0.223 e. The fraction of sp³-hybridized carbons (Fsp3) is 0.909. The van der Waals surface area contributed by atoms with Crippen molar-refractivity contribution >= 4 is 15.9 Å². The van der Waals surface area contributed by atoms with Crippen LogP contribution in [-0.4, -0.2) is 46.3 Å². The molecule has 6 nitrogen and oxygen atoms in total. The third kappa shape index (κ3) is 6.32. The molecule has 0 saturated carbocycles. The van der Waals surface area contributed by atoms with Gasteiger partial charge in [0.2, 0.25) is 15.9 Å². The Balaban J connectivity index is 2.13. The zero-order valence-electron chi connectivity index (χ0n) is 11.0. The van der Waals surface area contributed by atoms with E-state index in [-0.39, 0.29) is 11.8 Å². The molecule has 0 bridgehead atoms. The second-order valence-electron chi connectivity index (χ2n) is 4.89. The minimum Gasteiger partial charge on any atom is -0.356 e. The van der Waals surface area contributed by atoms with Crippen molar-refractivity contribution in [2.45, 2.75) is 32.2 Å². The molecule has 1 amide bonds. The second kappa shape index (κ2) is 7.06. The molecule has 2 atom stereocenters. The molecule has 1 heterocycles. The summed E-state index contributed by atoms with van der Waals surface area (Å²) < 4.78 is 24.0. The smallest absolute Gasteiger partial charge is 0.223 e. The standard InChI is InChI=1S/C11H23N3O3S/c1-9-8-10(4-7-12-9)11(15)13-5-3-6-14-18(2,16)17/h9-10,12,14H,3-8H2,1-2H3,(H,13,15). The second-order valence-corrected chi connectivity index (χ2v) is 6.72. The van der Waals surface area contributed by atoms with Crippen LogP contribution in [0.1, 0.15) is 26.2 Å². The molecule has 1 fully saturated rings. The Hall–Kier alpha value is -0.660. The van der Waals surface area contributed by atoms with Gasteiger partial charge in [-0.2, -0.15) is 0 Å². The Morgan fingerprint density at radius 1 is 1.39 bits per heavy atom. The first-order valence-corrected chi connectivity index (χ1v) is 8.23. The molecule has 2 unspecified atom stereocenters. The minimum atomic E-state index is -3.12. The number of carbonyl (C=O) groups is 1. The molecule has 0 aliphatic carbocycles. The van der Waals surface area contributed by atoms with Crippen molar-refractivity contribution in [2.24, 2.45) is 5.92 Å². The van der Waals surface area contributed by atoms with Crippen molar-refractivity contribution in [1.29, 1.82) is 0 Å². The summed E-state index contributed by atoms with van der Waals surface area (Å²) in [5.41, 5.74) is 0. The Morgan fingerprint density at radius 2 is 2.11 bits per heavy atom. The quantitative estimate of drug-likeness (QED) is 0.567. The summed E-state index contributed by atoms with van der Waals surface area (Å²) >= 11 is 0. The highest BCUT2D eigenvalue weighted by molar-refractivity contribution is 7.88. The van der Waals surface area contributed by atoms with Crippen LogP contribution in [0.15, 0.2) is 0 Å². The number of nitrogens with one attached hydrogen (secondary N) is 3. The average Bonchev–Trinajstić information content (AvgIpc) is 2.26. The van der Waals surface area contributed by atoms with Gasteiger partial charge in [-0.1, -0.05) is 0 Å². The number of hydrogen-bond donors (Lipinski definition) is 3. The van der Waals surface area contributed by atoms with E-state index in [1.165, 1.54) is 0 Å². The van der Waals surface area contributed by atoms with Crippen molar-refractivity contribution in [3.63, 3.8) is 0 Å². The van der Waals surface area contributed by atoms with Crippen LogP contribution in [0.3, 0.4) is 0 Å². The maximum atomic E-state index is 11.8. The van der Waals surface area contributed by atoms with Crippen molar-refractivity contribution in [2.75, 3.05) is 25.9 Å². The molecule has 1 saturated heterocycles. The number of rotatable bonds is 6. The van der Waals surface area contributed by atoms with Crippen molar-refractivity contribution in [3.05, 3.63) is 0 Å². The maximum absolute atomic E-state index is 11.8. The highest BCUT2D eigenvalue weighted by Gasteiger charge is 2.24. The van der Waals surface area contributed by atoms with Crippen LogP contribution >= 0.6 is 0 Å². The van der Waals surface area contributed by atoms with Crippen LogP contribution in [0.4, 0.5) is 0 Å².